The minimum Gasteiger partial charge on any atom is -0.295 e. The number of nitrogens with zero attached hydrogens (tertiary/aromatic N) is 4. The SMILES string of the molecule is Cc1cc(=O)c(C(=O)Nc2nnc(C3CC3)s2)nn1-c1ccccc1C(F)(F)F. The van der Waals surface area contributed by atoms with Crippen LogP contribution in [0.15, 0.2) is 35.1 Å². The van der Waals surface area contributed by atoms with E-state index in [1.165, 1.54) is 36.5 Å². The van der Waals surface area contributed by atoms with Gasteiger partial charge in [0.15, 0.2) is 5.69 Å². The molecular formula is C18H14F3N5O2S. The minimum atomic E-state index is -4.62. The van der Waals surface area contributed by atoms with Gasteiger partial charge in [-0.2, -0.15) is 18.3 Å². The summed E-state index contributed by atoms with van der Waals surface area (Å²) in [5, 5.41) is 15.2. The topological polar surface area (TPSA) is 89.8 Å². The third kappa shape index (κ3) is 3.90. The molecule has 4 rings (SSSR count). The zero-order valence-corrected chi connectivity index (χ0v) is 15.8. The van der Waals surface area contributed by atoms with Crippen molar-refractivity contribution in [3.63, 3.8) is 0 Å². The van der Waals surface area contributed by atoms with Crippen molar-refractivity contribution in [3.05, 3.63) is 62.5 Å². The average Bonchev–Trinajstić information content (AvgIpc) is 3.41. The van der Waals surface area contributed by atoms with Gasteiger partial charge < -0.3 is 0 Å². The normalized spacial score (nSPS) is 14.1. The van der Waals surface area contributed by atoms with E-state index in [4.69, 9.17) is 0 Å². The molecule has 0 spiro atoms. The number of alkyl halides is 3. The fourth-order valence-corrected chi connectivity index (χ4v) is 3.69. The second kappa shape index (κ2) is 7.07. The molecule has 1 amide bonds. The Morgan fingerprint density at radius 2 is 1.97 bits per heavy atom. The van der Waals surface area contributed by atoms with Crippen LogP contribution >= 0.6 is 11.3 Å². The first-order valence-corrected chi connectivity index (χ1v) is 9.48. The molecule has 0 atom stereocenters. The lowest BCUT2D eigenvalue weighted by Crippen LogP contribution is -2.27. The van der Waals surface area contributed by atoms with Gasteiger partial charge in [0.05, 0.1) is 11.3 Å². The summed E-state index contributed by atoms with van der Waals surface area (Å²) in [5.41, 5.74) is -2.28. The number of rotatable bonds is 4. The quantitative estimate of drug-likeness (QED) is 0.696. The van der Waals surface area contributed by atoms with E-state index in [-0.39, 0.29) is 16.5 Å². The third-order valence-electron chi connectivity index (χ3n) is 4.35. The summed E-state index contributed by atoms with van der Waals surface area (Å²) >= 11 is 1.20. The number of carbonyl (C=O) groups excluding carboxylic acids is 1. The van der Waals surface area contributed by atoms with Crippen molar-refractivity contribution in [2.75, 3.05) is 5.32 Å². The maximum absolute atomic E-state index is 13.4. The van der Waals surface area contributed by atoms with Gasteiger partial charge in [0.25, 0.3) is 5.91 Å². The number of anilines is 1. The number of carbonyl (C=O) groups is 1. The zero-order chi connectivity index (χ0) is 20.8. The van der Waals surface area contributed by atoms with Crippen LogP contribution in [0.1, 0.15) is 45.5 Å². The van der Waals surface area contributed by atoms with Crippen molar-refractivity contribution < 1.29 is 18.0 Å². The molecule has 2 aromatic heterocycles. The Hall–Kier alpha value is -3.08. The van der Waals surface area contributed by atoms with Gasteiger partial charge in [0.1, 0.15) is 5.01 Å². The smallest absolute Gasteiger partial charge is 0.295 e. The summed E-state index contributed by atoms with van der Waals surface area (Å²) in [6.07, 6.45) is -2.58. The highest BCUT2D eigenvalue weighted by Crippen LogP contribution is 2.42. The van der Waals surface area contributed by atoms with E-state index in [1.807, 2.05) is 0 Å². The molecule has 0 unspecified atom stereocenters. The molecular weight excluding hydrogens is 407 g/mol. The molecule has 150 valence electrons. The molecule has 1 aliphatic rings. The molecule has 11 heteroatoms. The summed E-state index contributed by atoms with van der Waals surface area (Å²) in [7, 11) is 0. The highest BCUT2D eigenvalue weighted by molar-refractivity contribution is 7.15. The summed E-state index contributed by atoms with van der Waals surface area (Å²) < 4.78 is 41.0. The lowest BCUT2D eigenvalue weighted by atomic mass is 10.1. The van der Waals surface area contributed by atoms with Crippen LogP contribution in [0.2, 0.25) is 0 Å². The van der Waals surface area contributed by atoms with Crippen LogP contribution in [-0.4, -0.2) is 25.9 Å². The highest BCUT2D eigenvalue weighted by atomic mass is 32.1. The minimum absolute atomic E-state index is 0.162. The van der Waals surface area contributed by atoms with Crippen molar-refractivity contribution >= 4 is 22.4 Å². The summed E-state index contributed by atoms with van der Waals surface area (Å²) in [6.45, 7) is 1.44. The van der Waals surface area contributed by atoms with Crippen LogP contribution in [0.5, 0.6) is 0 Å². The van der Waals surface area contributed by atoms with E-state index >= 15 is 0 Å². The number of halogens is 3. The molecule has 0 radical (unpaired) electrons. The van der Waals surface area contributed by atoms with Crippen molar-refractivity contribution in [3.8, 4) is 5.69 Å². The lowest BCUT2D eigenvalue weighted by molar-refractivity contribution is -0.137. The van der Waals surface area contributed by atoms with Crippen molar-refractivity contribution in [2.45, 2.75) is 31.9 Å². The maximum atomic E-state index is 13.4. The fraction of sp³-hybridized carbons (Fsp3) is 0.278. The summed E-state index contributed by atoms with van der Waals surface area (Å²) in [6, 6.07) is 5.89. The van der Waals surface area contributed by atoms with Gasteiger partial charge in [0.2, 0.25) is 10.6 Å². The van der Waals surface area contributed by atoms with E-state index in [1.54, 1.807) is 0 Å². The van der Waals surface area contributed by atoms with Crippen LogP contribution in [0.3, 0.4) is 0 Å². The van der Waals surface area contributed by atoms with Crippen LogP contribution < -0.4 is 10.7 Å². The standard InChI is InChI=1S/C18H14F3N5O2S/c1-9-8-13(27)14(15(28)22-17-24-23-16(29-17)10-6-7-10)25-26(9)12-5-3-2-4-11(12)18(19,20)21/h2-5,8,10H,6-7H2,1H3,(H,22,24,28). The first-order chi connectivity index (χ1) is 13.7. The molecule has 7 nitrogen and oxygen atoms in total. The van der Waals surface area contributed by atoms with Crippen LogP contribution in [0, 0.1) is 6.92 Å². The van der Waals surface area contributed by atoms with Gasteiger partial charge in [0, 0.05) is 17.7 Å². The van der Waals surface area contributed by atoms with Gasteiger partial charge in [-0.15, -0.1) is 10.2 Å². The second-order valence-corrected chi connectivity index (χ2v) is 7.61. The van der Waals surface area contributed by atoms with E-state index < -0.39 is 28.8 Å². The maximum Gasteiger partial charge on any atom is 0.418 e. The van der Waals surface area contributed by atoms with Crippen LogP contribution in [0.25, 0.3) is 5.69 Å². The van der Waals surface area contributed by atoms with Gasteiger partial charge in [-0.25, -0.2) is 4.68 Å². The first-order valence-electron chi connectivity index (χ1n) is 8.66. The number of para-hydroxylation sites is 1. The van der Waals surface area contributed by atoms with Crippen molar-refractivity contribution in [1.29, 1.82) is 0 Å². The molecule has 1 aliphatic carbocycles. The Morgan fingerprint density at radius 1 is 1.24 bits per heavy atom. The Bertz CT molecular complexity index is 1150. The Labute approximate surface area is 166 Å². The summed E-state index contributed by atoms with van der Waals surface area (Å²) in [5.74, 6) is -0.501. The van der Waals surface area contributed by atoms with Crippen molar-refractivity contribution in [1.82, 2.24) is 20.0 Å². The van der Waals surface area contributed by atoms with E-state index in [0.29, 0.717) is 5.92 Å². The zero-order valence-electron chi connectivity index (χ0n) is 15.0. The van der Waals surface area contributed by atoms with E-state index in [0.717, 1.165) is 34.7 Å². The Kier molecular flexibility index (Phi) is 4.69. The highest BCUT2D eigenvalue weighted by Gasteiger charge is 2.34. The molecule has 1 fully saturated rings. The number of benzene rings is 1. The second-order valence-electron chi connectivity index (χ2n) is 6.60. The predicted molar refractivity (Wildman–Crippen MR) is 99.4 cm³/mol. The largest absolute Gasteiger partial charge is 0.418 e. The first kappa shape index (κ1) is 19.2. The molecule has 0 aliphatic heterocycles. The average molecular weight is 421 g/mol. The Balaban J connectivity index is 1.71. The number of hydrogen-bond acceptors (Lipinski definition) is 6. The number of amides is 1. The molecule has 3 aromatic rings. The number of nitrogens with one attached hydrogen (secondary N) is 1. The van der Waals surface area contributed by atoms with E-state index in [2.05, 4.69) is 20.6 Å². The van der Waals surface area contributed by atoms with Gasteiger partial charge in [-0.3, -0.25) is 14.9 Å². The number of aromatic nitrogens is 4. The van der Waals surface area contributed by atoms with Crippen LogP contribution in [-0.2, 0) is 6.18 Å². The predicted octanol–water partition coefficient (Wildman–Crippen LogP) is 3.54. The lowest BCUT2D eigenvalue weighted by Gasteiger charge is -2.16. The van der Waals surface area contributed by atoms with Crippen molar-refractivity contribution in [2.24, 2.45) is 0 Å². The molecule has 1 aromatic carbocycles. The molecule has 0 saturated heterocycles. The molecule has 29 heavy (non-hydrogen) atoms. The number of hydrogen-bond donors (Lipinski definition) is 1. The monoisotopic (exact) mass is 421 g/mol. The molecule has 0 bridgehead atoms. The Morgan fingerprint density at radius 3 is 2.66 bits per heavy atom. The molecule has 1 saturated carbocycles. The number of aryl methyl sites for hydroxylation is 1. The van der Waals surface area contributed by atoms with E-state index in [9.17, 15) is 22.8 Å². The summed E-state index contributed by atoms with van der Waals surface area (Å²) in [4.78, 5) is 24.8. The van der Waals surface area contributed by atoms with Gasteiger partial charge >= 0.3 is 6.18 Å². The fourth-order valence-electron chi connectivity index (χ4n) is 2.78. The molecule has 2 heterocycles. The molecule has 1 N–H and O–H groups in total. The van der Waals surface area contributed by atoms with Crippen LogP contribution in [0.4, 0.5) is 18.3 Å². The van der Waals surface area contributed by atoms with Gasteiger partial charge in [-0.05, 0) is 31.9 Å². The van der Waals surface area contributed by atoms with Gasteiger partial charge in [-0.1, -0.05) is 23.5 Å². The third-order valence-corrected chi connectivity index (χ3v) is 5.35.